The highest BCUT2D eigenvalue weighted by atomic mass is 16.7. The molecule has 1 N–H and O–H groups in total. The predicted octanol–water partition coefficient (Wildman–Crippen LogP) is 5.34. The lowest BCUT2D eigenvalue weighted by Crippen LogP contribution is -2.60. The van der Waals surface area contributed by atoms with Crippen LogP contribution in [0.4, 0.5) is 5.69 Å². The number of fused-ring (bicyclic) bond motifs is 1. The first kappa shape index (κ1) is 24.7. The van der Waals surface area contributed by atoms with Crippen molar-refractivity contribution in [3.8, 4) is 17.2 Å². The smallest absolute Gasteiger partial charge is 0.250 e. The maximum Gasteiger partial charge on any atom is 0.250 e. The summed E-state index contributed by atoms with van der Waals surface area (Å²) in [5.41, 5.74) is 1.54. The van der Waals surface area contributed by atoms with Gasteiger partial charge >= 0.3 is 0 Å². The summed E-state index contributed by atoms with van der Waals surface area (Å²) in [7, 11) is 1.63. The fraction of sp³-hybridized carbons (Fsp3) is 0.333. The fourth-order valence-corrected chi connectivity index (χ4v) is 5.24. The number of ether oxygens (including phenoxy) is 3. The molecule has 1 saturated carbocycles. The number of carbonyl (C=O) groups excluding carboxylic acids is 2. The molecule has 37 heavy (non-hydrogen) atoms. The van der Waals surface area contributed by atoms with E-state index in [-0.39, 0.29) is 25.0 Å². The number of nitrogens with zero attached hydrogens (tertiary/aromatic N) is 1. The van der Waals surface area contributed by atoms with E-state index in [1.807, 2.05) is 65.6 Å². The van der Waals surface area contributed by atoms with Gasteiger partial charge in [-0.25, -0.2) is 0 Å². The number of amides is 2. The number of benzene rings is 3. The van der Waals surface area contributed by atoms with Crippen molar-refractivity contribution in [3.63, 3.8) is 0 Å². The van der Waals surface area contributed by atoms with Crippen molar-refractivity contribution in [3.05, 3.63) is 83.9 Å². The van der Waals surface area contributed by atoms with E-state index in [4.69, 9.17) is 14.2 Å². The quantitative estimate of drug-likeness (QED) is 0.452. The first-order chi connectivity index (χ1) is 18.1. The third-order valence-electron chi connectivity index (χ3n) is 7.25. The Morgan fingerprint density at radius 3 is 2.35 bits per heavy atom. The summed E-state index contributed by atoms with van der Waals surface area (Å²) < 4.78 is 16.2. The SMILES string of the molecule is COc1ccc(CN(C(=O)Cc2ccccc2)C2(C(=O)Nc3ccc4c(c3)OCO4)CCCCC2)cc1. The summed E-state index contributed by atoms with van der Waals surface area (Å²) in [4.78, 5) is 29.8. The third-order valence-corrected chi connectivity index (χ3v) is 7.25. The Kier molecular flexibility index (Phi) is 7.30. The van der Waals surface area contributed by atoms with Crippen LogP contribution in [0.25, 0.3) is 0 Å². The zero-order chi connectivity index (χ0) is 25.7. The molecule has 1 fully saturated rings. The van der Waals surface area contributed by atoms with Crippen molar-refractivity contribution in [1.29, 1.82) is 0 Å². The number of carbonyl (C=O) groups is 2. The van der Waals surface area contributed by atoms with Crippen LogP contribution < -0.4 is 19.5 Å². The van der Waals surface area contributed by atoms with Gasteiger partial charge in [0.25, 0.3) is 0 Å². The zero-order valence-electron chi connectivity index (χ0n) is 21.1. The van der Waals surface area contributed by atoms with Crippen LogP contribution in [0.15, 0.2) is 72.8 Å². The maximum atomic E-state index is 14.1. The molecule has 7 heteroatoms. The van der Waals surface area contributed by atoms with Crippen molar-refractivity contribution in [2.75, 3.05) is 19.2 Å². The molecule has 5 rings (SSSR count). The highest BCUT2D eigenvalue weighted by Crippen LogP contribution is 2.38. The van der Waals surface area contributed by atoms with Crippen molar-refractivity contribution in [2.24, 2.45) is 0 Å². The van der Waals surface area contributed by atoms with Crippen LogP contribution in [-0.2, 0) is 22.6 Å². The average molecular weight is 501 g/mol. The molecule has 0 bridgehead atoms. The van der Waals surface area contributed by atoms with E-state index >= 15 is 0 Å². The average Bonchev–Trinajstić information content (AvgIpc) is 3.41. The fourth-order valence-electron chi connectivity index (χ4n) is 5.24. The first-order valence-corrected chi connectivity index (χ1v) is 12.8. The zero-order valence-corrected chi connectivity index (χ0v) is 21.1. The second kappa shape index (κ2) is 10.9. The molecule has 0 saturated heterocycles. The van der Waals surface area contributed by atoms with Crippen LogP contribution in [0.5, 0.6) is 17.2 Å². The molecule has 3 aromatic rings. The molecule has 7 nitrogen and oxygen atoms in total. The highest BCUT2D eigenvalue weighted by molar-refractivity contribution is 6.01. The Morgan fingerprint density at radius 1 is 0.892 bits per heavy atom. The second-order valence-electron chi connectivity index (χ2n) is 9.60. The minimum Gasteiger partial charge on any atom is -0.497 e. The first-order valence-electron chi connectivity index (χ1n) is 12.8. The van der Waals surface area contributed by atoms with E-state index in [2.05, 4.69) is 5.32 Å². The Bertz CT molecular complexity index is 1240. The Labute approximate surface area is 217 Å². The lowest BCUT2D eigenvalue weighted by Gasteiger charge is -2.45. The van der Waals surface area contributed by atoms with Gasteiger partial charge in [-0.15, -0.1) is 0 Å². The van der Waals surface area contributed by atoms with Gasteiger partial charge < -0.3 is 24.4 Å². The molecule has 0 radical (unpaired) electrons. The number of nitrogens with one attached hydrogen (secondary N) is 1. The molecule has 1 aliphatic carbocycles. The lowest BCUT2D eigenvalue weighted by atomic mass is 9.78. The minimum atomic E-state index is -0.958. The van der Waals surface area contributed by atoms with Crippen LogP contribution >= 0.6 is 0 Å². The normalized spacial score (nSPS) is 15.6. The van der Waals surface area contributed by atoms with E-state index < -0.39 is 5.54 Å². The highest BCUT2D eigenvalue weighted by Gasteiger charge is 2.47. The molecule has 0 aromatic heterocycles. The van der Waals surface area contributed by atoms with Gasteiger partial charge in [0.05, 0.1) is 13.5 Å². The van der Waals surface area contributed by atoms with E-state index in [9.17, 15) is 9.59 Å². The van der Waals surface area contributed by atoms with Crippen LogP contribution in [0.3, 0.4) is 0 Å². The summed E-state index contributed by atoms with van der Waals surface area (Å²) in [5.74, 6) is 1.78. The molecule has 0 atom stereocenters. The van der Waals surface area contributed by atoms with Gasteiger partial charge in [0, 0.05) is 18.3 Å². The van der Waals surface area contributed by atoms with Crippen LogP contribution in [0.1, 0.15) is 43.2 Å². The van der Waals surface area contributed by atoms with E-state index in [0.29, 0.717) is 36.6 Å². The van der Waals surface area contributed by atoms with Gasteiger partial charge in [0.2, 0.25) is 18.6 Å². The number of methoxy groups -OCH3 is 1. The van der Waals surface area contributed by atoms with E-state index in [0.717, 1.165) is 36.1 Å². The molecular formula is C30H32N2O5. The Hall–Kier alpha value is -4.00. The van der Waals surface area contributed by atoms with Crippen molar-refractivity contribution >= 4 is 17.5 Å². The molecule has 192 valence electrons. The van der Waals surface area contributed by atoms with Gasteiger partial charge in [0.1, 0.15) is 11.3 Å². The lowest BCUT2D eigenvalue weighted by molar-refractivity contribution is -0.148. The largest absolute Gasteiger partial charge is 0.497 e. The Morgan fingerprint density at radius 2 is 1.62 bits per heavy atom. The van der Waals surface area contributed by atoms with Gasteiger partial charge in [-0.3, -0.25) is 9.59 Å². The molecular weight excluding hydrogens is 468 g/mol. The number of rotatable bonds is 8. The van der Waals surface area contributed by atoms with Gasteiger partial charge in [0.15, 0.2) is 11.5 Å². The van der Waals surface area contributed by atoms with Crippen LogP contribution in [0, 0.1) is 0 Å². The van der Waals surface area contributed by atoms with E-state index in [1.165, 1.54) is 0 Å². The minimum absolute atomic E-state index is 0.0650. The van der Waals surface area contributed by atoms with Gasteiger partial charge in [-0.1, -0.05) is 61.7 Å². The van der Waals surface area contributed by atoms with Gasteiger partial charge in [-0.2, -0.15) is 0 Å². The standard InChI is InChI=1S/C30H32N2O5/c1-35-25-13-10-23(11-14-25)20-32(28(33)18-22-8-4-2-5-9-22)30(16-6-3-7-17-30)29(34)31-24-12-15-26-27(19-24)37-21-36-26/h2,4-5,8-15,19H,3,6-7,16-18,20-21H2,1H3,(H,31,34). The molecule has 3 aromatic carbocycles. The second-order valence-corrected chi connectivity index (χ2v) is 9.60. The Balaban J connectivity index is 1.47. The predicted molar refractivity (Wildman–Crippen MR) is 141 cm³/mol. The summed E-state index contributed by atoms with van der Waals surface area (Å²) in [6, 6.07) is 22.7. The maximum absolute atomic E-state index is 14.1. The monoisotopic (exact) mass is 500 g/mol. The topological polar surface area (TPSA) is 77.1 Å². The third kappa shape index (κ3) is 5.40. The molecule has 0 spiro atoms. The molecule has 0 unspecified atom stereocenters. The van der Waals surface area contributed by atoms with Crippen molar-refractivity contribution in [2.45, 2.75) is 50.6 Å². The summed E-state index contributed by atoms with van der Waals surface area (Å²) in [6.45, 7) is 0.504. The molecule has 2 aliphatic rings. The summed E-state index contributed by atoms with van der Waals surface area (Å²) in [6.07, 6.45) is 4.26. The number of hydrogen-bond donors (Lipinski definition) is 1. The molecule has 2 amide bonds. The van der Waals surface area contributed by atoms with Crippen molar-refractivity contribution in [1.82, 2.24) is 4.90 Å². The van der Waals surface area contributed by atoms with Crippen molar-refractivity contribution < 1.29 is 23.8 Å². The molecule has 1 heterocycles. The molecule has 1 aliphatic heterocycles. The van der Waals surface area contributed by atoms with Gasteiger partial charge in [-0.05, 0) is 48.2 Å². The summed E-state index contributed by atoms with van der Waals surface area (Å²) >= 11 is 0. The van der Waals surface area contributed by atoms with Crippen LogP contribution in [-0.4, -0.2) is 36.2 Å². The number of hydrogen-bond acceptors (Lipinski definition) is 5. The summed E-state index contributed by atoms with van der Waals surface area (Å²) in [5, 5.41) is 3.10. The number of anilines is 1. The van der Waals surface area contributed by atoms with E-state index in [1.54, 1.807) is 19.2 Å². The van der Waals surface area contributed by atoms with Crippen LogP contribution in [0.2, 0.25) is 0 Å².